The summed E-state index contributed by atoms with van der Waals surface area (Å²) < 4.78 is 1.96. The molecule has 0 saturated carbocycles. The number of rotatable bonds is 3. The smallest absolute Gasteiger partial charge is 0.227 e. The molecule has 0 unspecified atom stereocenters. The summed E-state index contributed by atoms with van der Waals surface area (Å²) in [5.74, 6) is 2.02. The average Bonchev–Trinajstić information content (AvgIpc) is 2.64. The zero-order chi connectivity index (χ0) is 11.5. The number of nitrogens with zero attached hydrogens (tertiary/aromatic N) is 5. The Bertz CT molecular complexity index is 478. The Morgan fingerprint density at radius 3 is 2.81 bits per heavy atom. The molecule has 0 spiro atoms. The number of nitrogens with two attached hydrogens (primary N) is 1. The van der Waals surface area contributed by atoms with Crippen LogP contribution in [0.3, 0.4) is 0 Å². The second-order valence-corrected chi connectivity index (χ2v) is 3.59. The molecule has 0 aliphatic carbocycles. The Balaban J connectivity index is 2.14. The predicted octanol–water partition coefficient (Wildman–Crippen LogP) is 0.429. The number of hydrogen-bond donors (Lipinski definition) is 1. The van der Waals surface area contributed by atoms with E-state index in [-0.39, 0.29) is 0 Å². The van der Waals surface area contributed by atoms with Gasteiger partial charge in [-0.2, -0.15) is 4.98 Å². The van der Waals surface area contributed by atoms with Gasteiger partial charge in [0.2, 0.25) is 5.95 Å². The van der Waals surface area contributed by atoms with E-state index >= 15 is 0 Å². The average molecular weight is 218 g/mol. The summed E-state index contributed by atoms with van der Waals surface area (Å²) in [6, 6.07) is 1.66. The van der Waals surface area contributed by atoms with Gasteiger partial charge in [0.1, 0.15) is 11.6 Å². The number of nitrogen functional groups attached to an aromatic ring is 1. The topological polar surface area (TPSA) is 72.9 Å². The van der Waals surface area contributed by atoms with Crippen LogP contribution in [0.25, 0.3) is 0 Å². The van der Waals surface area contributed by atoms with Gasteiger partial charge in [-0.1, -0.05) is 0 Å². The van der Waals surface area contributed by atoms with Crippen molar-refractivity contribution < 1.29 is 0 Å². The molecule has 2 rings (SSSR count). The minimum Gasteiger partial charge on any atom is -0.384 e. The second-order valence-electron chi connectivity index (χ2n) is 3.59. The van der Waals surface area contributed by atoms with Gasteiger partial charge in [0, 0.05) is 32.7 Å². The monoisotopic (exact) mass is 218 g/mol. The van der Waals surface area contributed by atoms with Gasteiger partial charge in [0.25, 0.3) is 0 Å². The maximum atomic E-state index is 5.60. The molecule has 0 aliphatic heterocycles. The molecule has 0 radical (unpaired) electrons. The molecule has 84 valence electrons. The van der Waals surface area contributed by atoms with Crippen LogP contribution in [-0.2, 0) is 13.6 Å². The van der Waals surface area contributed by atoms with Crippen molar-refractivity contribution in [1.82, 2.24) is 19.5 Å². The van der Waals surface area contributed by atoms with E-state index < -0.39 is 0 Å². The normalized spacial score (nSPS) is 10.4. The lowest BCUT2D eigenvalue weighted by molar-refractivity contribution is 0.747. The van der Waals surface area contributed by atoms with Gasteiger partial charge in [-0.25, -0.2) is 9.97 Å². The van der Waals surface area contributed by atoms with E-state index in [0.29, 0.717) is 18.3 Å². The van der Waals surface area contributed by atoms with E-state index in [1.807, 2.05) is 29.8 Å². The fraction of sp³-hybridized carbons (Fsp3) is 0.300. The van der Waals surface area contributed by atoms with Crippen molar-refractivity contribution in [2.45, 2.75) is 6.54 Å². The van der Waals surface area contributed by atoms with Crippen LogP contribution in [0.15, 0.2) is 24.7 Å². The van der Waals surface area contributed by atoms with E-state index in [2.05, 4.69) is 15.0 Å². The highest BCUT2D eigenvalue weighted by Crippen LogP contribution is 2.09. The van der Waals surface area contributed by atoms with Crippen LogP contribution in [0.4, 0.5) is 11.8 Å². The third-order valence-corrected chi connectivity index (χ3v) is 2.31. The highest BCUT2D eigenvalue weighted by atomic mass is 15.3. The standard InChI is InChI=1S/C10H14N6/c1-15-6-5-12-9(15)7-16(2)10-13-4-3-8(11)14-10/h3-6H,7H2,1-2H3,(H2,11,13,14). The van der Waals surface area contributed by atoms with Gasteiger partial charge in [-0.15, -0.1) is 0 Å². The summed E-state index contributed by atoms with van der Waals surface area (Å²) in [5.41, 5.74) is 5.60. The molecular weight excluding hydrogens is 204 g/mol. The molecule has 16 heavy (non-hydrogen) atoms. The van der Waals surface area contributed by atoms with Crippen LogP contribution in [0.5, 0.6) is 0 Å². The van der Waals surface area contributed by atoms with Crippen molar-refractivity contribution in [3.63, 3.8) is 0 Å². The SMILES string of the molecule is CN(Cc1nccn1C)c1nccc(N)n1. The highest BCUT2D eigenvalue weighted by molar-refractivity contribution is 5.36. The first-order chi connectivity index (χ1) is 7.66. The number of hydrogen-bond acceptors (Lipinski definition) is 5. The van der Waals surface area contributed by atoms with Crippen molar-refractivity contribution in [2.24, 2.45) is 7.05 Å². The zero-order valence-corrected chi connectivity index (χ0v) is 9.33. The molecule has 2 aromatic heterocycles. The van der Waals surface area contributed by atoms with Crippen LogP contribution >= 0.6 is 0 Å². The molecule has 0 bridgehead atoms. The number of aryl methyl sites for hydroxylation is 1. The molecule has 0 saturated heterocycles. The Morgan fingerprint density at radius 1 is 1.38 bits per heavy atom. The van der Waals surface area contributed by atoms with Crippen LogP contribution < -0.4 is 10.6 Å². The molecule has 0 aliphatic rings. The van der Waals surface area contributed by atoms with Crippen LogP contribution in [0, 0.1) is 0 Å². The Morgan fingerprint density at radius 2 is 2.19 bits per heavy atom. The Kier molecular flexibility index (Phi) is 2.72. The summed E-state index contributed by atoms with van der Waals surface area (Å²) >= 11 is 0. The predicted molar refractivity (Wildman–Crippen MR) is 61.8 cm³/mol. The highest BCUT2D eigenvalue weighted by Gasteiger charge is 2.07. The van der Waals surface area contributed by atoms with Gasteiger partial charge in [0.15, 0.2) is 0 Å². The fourth-order valence-electron chi connectivity index (χ4n) is 1.38. The summed E-state index contributed by atoms with van der Waals surface area (Å²) in [6.45, 7) is 0.646. The molecule has 0 atom stereocenters. The minimum absolute atomic E-state index is 0.469. The lowest BCUT2D eigenvalue weighted by atomic mass is 10.5. The van der Waals surface area contributed by atoms with Gasteiger partial charge in [-0.05, 0) is 6.07 Å². The second kappa shape index (κ2) is 4.18. The first kappa shape index (κ1) is 10.4. The molecule has 2 N–H and O–H groups in total. The van der Waals surface area contributed by atoms with Crippen molar-refractivity contribution >= 4 is 11.8 Å². The van der Waals surface area contributed by atoms with Crippen LogP contribution in [0.2, 0.25) is 0 Å². The largest absolute Gasteiger partial charge is 0.384 e. The van der Waals surface area contributed by atoms with Gasteiger partial charge < -0.3 is 15.2 Å². The first-order valence-corrected chi connectivity index (χ1v) is 4.92. The summed E-state index contributed by atoms with van der Waals surface area (Å²) in [6.07, 6.45) is 5.32. The number of anilines is 2. The van der Waals surface area contributed by atoms with Gasteiger partial charge in [0.05, 0.1) is 6.54 Å². The number of aromatic nitrogens is 4. The van der Waals surface area contributed by atoms with Crippen molar-refractivity contribution in [2.75, 3.05) is 17.7 Å². The molecule has 0 fully saturated rings. The Labute approximate surface area is 93.8 Å². The molecule has 2 aromatic rings. The van der Waals surface area contributed by atoms with Crippen molar-refractivity contribution in [3.8, 4) is 0 Å². The lowest BCUT2D eigenvalue weighted by Gasteiger charge is -2.16. The molecule has 0 aromatic carbocycles. The van der Waals surface area contributed by atoms with E-state index in [4.69, 9.17) is 5.73 Å². The van der Waals surface area contributed by atoms with E-state index in [0.717, 1.165) is 5.82 Å². The molecule has 0 amide bonds. The third-order valence-electron chi connectivity index (χ3n) is 2.31. The van der Waals surface area contributed by atoms with E-state index in [1.54, 1.807) is 18.5 Å². The molecular formula is C10H14N6. The first-order valence-electron chi connectivity index (χ1n) is 4.92. The molecule has 2 heterocycles. The summed E-state index contributed by atoms with van der Waals surface area (Å²) in [7, 11) is 3.86. The summed E-state index contributed by atoms with van der Waals surface area (Å²) in [4.78, 5) is 14.4. The van der Waals surface area contributed by atoms with Crippen molar-refractivity contribution in [1.29, 1.82) is 0 Å². The van der Waals surface area contributed by atoms with Gasteiger partial charge in [-0.3, -0.25) is 0 Å². The van der Waals surface area contributed by atoms with Crippen molar-refractivity contribution in [3.05, 3.63) is 30.5 Å². The maximum absolute atomic E-state index is 5.60. The fourth-order valence-corrected chi connectivity index (χ4v) is 1.38. The van der Waals surface area contributed by atoms with E-state index in [1.165, 1.54) is 0 Å². The maximum Gasteiger partial charge on any atom is 0.227 e. The molecule has 6 nitrogen and oxygen atoms in total. The minimum atomic E-state index is 0.469. The quantitative estimate of drug-likeness (QED) is 0.808. The van der Waals surface area contributed by atoms with Crippen LogP contribution in [-0.4, -0.2) is 26.6 Å². The Hall–Kier alpha value is -2.11. The van der Waals surface area contributed by atoms with E-state index in [9.17, 15) is 0 Å². The zero-order valence-electron chi connectivity index (χ0n) is 9.33. The van der Waals surface area contributed by atoms with Crippen LogP contribution in [0.1, 0.15) is 5.82 Å². The summed E-state index contributed by atoms with van der Waals surface area (Å²) in [5, 5.41) is 0. The third kappa shape index (κ3) is 2.10. The molecule has 6 heteroatoms. The van der Waals surface area contributed by atoms with Gasteiger partial charge >= 0.3 is 0 Å². The lowest BCUT2D eigenvalue weighted by Crippen LogP contribution is -2.21. The number of imidazole rings is 1.